The molecule has 0 N–H and O–H groups in total. The summed E-state index contributed by atoms with van der Waals surface area (Å²) in [6.45, 7) is 0. The molecule has 0 heterocycles. The van der Waals surface area contributed by atoms with Crippen LogP contribution in [0, 0.1) is 0 Å². The zero-order valence-electron chi connectivity index (χ0n) is 9.01. The maximum Gasteiger partial charge on any atom is 0.339 e. The van der Waals surface area contributed by atoms with Crippen LogP contribution in [0.5, 0.6) is 5.75 Å². The Bertz CT molecular complexity index is 653. The van der Waals surface area contributed by atoms with Gasteiger partial charge in [-0.15, -0.1) is 0 Å². The monoisotopic (exact) mass is 346 g/mol. The van der Waals surface area contributed by atoms with E-state index in [1.54, 1.807) is 24.3 Å². The van der Waals surface area contributed by atoms with Gasteiger partial charge in [0, 0.05) is 5.02 Å². The summed E-state index contributed by atoms with van der Waals surface area (Å²) in [5.74, 6) is 0.243. The standard InChI is InChI=1S/C12H8BrClO3S/c13-11-3-1-2-4-12(11)17-18(15,16)10-7-5-9(14)6-8-10/h1-8H. The van der Waals surface area contributed by atoms with Gasteiger partial charge in [-0.05, 0) is 52.3 Å². The number of hydrogen-bond acceptors (Lipinski definition) is 3. The van der Waals surface area contributed by atoms with Crippen molar-refractivity contribution in [1.29, 1.82) is 0 Å². The van der Waals surface area contributed by atoms with E-state index in [1.807, 2.05) is 0 Å². The molecule has 0 aliphatic heterocycles. The lowest BCUT2D eigenvalue weighted by Crippen LogP contribution is -2.09. The van der Waals surface area contributed by atoms with Gasteiger partial charge in [0.05, 0.1) is 4.47 Å². The fraction of sp³-hybridized carbons (Fsp3) is 0. The summed E-state index contributed by atoms with van der Waals surface area (Å²) in [7, 11) is -3.84. The number of halogens is 2. The first-order valence-corrected chi connectivity index (χ1v) is 7.51. The van der Waals surface area contributed by atoms with Crippen LogP contribution in [0.3, 0.4) is 0 Å². The van der Waals surface area contributed by atoms with E-state index in [2.05, 4.69) is 15.9 Å². The number of para-hydroxylation sites is 1. The highest BCUT2D eigenvalue weighted by molar-refractivity contribution is 9.10. The smallest absolute Gasteiger partial charge is 0.339 e. The molecule has 0 amide bonds. The van der Waals surface area contributed by atoms with Crippen LogP contribution >= 0.6 is 27.5 Å². The van der Waals surface area contributed by atoms with E-state index in [1.165, 1.54) is 24.3 Å². The van der Waals surface area contributed by atoms with Crippen LogP contribution in [-0.2, 0) is 10.1 Å². The molecule has 3 nitrogen and oxygen atoms in total. The summed E-state index contributed by atoms with van der Waals surface area (Å²) in [6, 6.07) is 12.5. The molecular formula is C12H8BrClO3S. The van der Waals surface area contributed by atoms with Crippen molar-refractivity contribution in [3.63, 3.8) is 0 Å². The quantitative estimate of drug-likeness (QED) is 0.792. The molecule has 0 aliphatic carbocycles. The van der Waals surface area contributed by atoms with Gasteiger partial charge in [0.25, 0.3) is 0 Å². The van der Waals surface area contributed by atoms with Gasteiger partial charge in [-0.3, -0.25) is 0 Å². The number of rotatable bonds is 3. The van der Waals surface area contributed by atoms with Gasteiger partial charge in [-0.1, -0.05) is 23.7 Å². The fourth-order valence-electron chi connectivity index (χ4n) is 1.28. The van der Waals surface area contributed by atoms with Gasteiger partial charge >= 0.3 is 10.1 Å². The molecule has 0 unspecified atom stereocenters. The Kier molecular flexibility index (Phi) is 3.94. The van der Waals surface area contributed by atoms with Crippen molar-refractivity contribution >= 4 is 37.6 Å². The van der Waals surface area contributed by atoms with Crippen LogP contribution < -0.4 is 4.18 Å². The normalized spacial score (nSPS) is 11.2. The number of benzene rings is 2. The Morgan fingerprint density at radius 2 is 1.61 bits per heavy atom. The predicted molar refractivity (Wildman–Crippen MR) is 73.4 cm³/mol. The lowest BCUT2D eigenvalue weighted by molar-refractivity contribution is 0.484. The fourth-order valence-corrected chi connectivity index (χ4v) is 2.83. The molecule has 0 spiro atoms. The minimum absolute atomic E-state index is 0.0580. The number of hydrogen-bond donors (Lipinski definition) is 0. The maximum absolute atomic E-state index is 12.0. The van der Waals surface area contributed by atoms with E-state index in [4.69, 9.17) is 15.8 Å². The second-order valence-electron chi connectivity index (χ2n) is 3.42. The lowest BCUT2D eigenvalue weighted by Gasteiger charge is -2.08. The predicted octanol–water partition coefficient (Wildman–Crippen LogP) is 3.87. The van der Waals surface area contributed by atoms with Crippen LogP contribution in [0.25, 0.3) is 0 Å². The molecule has 2 aromatic rings. The largest absolute Gasteiger partial charge is 0.378 e. The highest BCUT2D eigenvalue weighted by atomic mass is 79.9. The molecule has 18 heavy (non-hydrogen) atoms. The van der Waals surface area contributed by atoms with Crippen molar-refractivity contribution in [2.24, 2.45) is 0 Å². The molecule has 0 atom stereocenters. The van der Waals surface area contributed by atoms with E-state index in [0.29, 0.717) is 9.50 Å². The Morgan fingerprint density at radius 3 is 2.22 bits per heavy atom. The minimum Gasteiger partial charge on any atom is -0.378 e. The van der Waals surface area contributed by atoms with Crippen LogP contribution in [0.2, 0.25) is 5.02 Å². The molecule has 94 valence electrons. The first-order chi connectivity index (χ1) is 8.49. The summed E-state index contributed by atoms with van der Waals surface area (Å²) in [5, 5.41) is 0.467. The summed E-state index contributed by atoms with van der Waals surface area (Å²) in [4.78, 5) is 0.0580. The molecule has 2 rings (SSSR count). The van der Waals surface area contributed by atoms with Crippen LogP contribution in [0.15, 0.2) is 57.9 Å². The molecule has 0 fully saturated rings. The third kappa shape index (κ3) is 3.04. The van der Waals surface area contributed by atoms with Crippen molar-refractivity contribution in [3.8, 4) is 5.75 Å². The SMILES string of the molecule is O=S(=O)(Oc1ccccc1Br)c1ccc(Cl)cc1. The Labute approximate surface area is 119 Å². The molecule has 0 bridgehead atoms. The third-order valence-corrected chi connectivity index (χ3v) is 4.29. The van der Waals surface area contributed by atoms with Crippen LogP contribution in [0.1, 0.15) is 0 Å². The molecule has 0 aliphatic rings. The lowest BCUT2D eigenvalue weighted by atomic mass is 10.3. The minimum atomic E-state index is -3.84. The molecule has 0 aromatic heterocycles. The van der Waals surface area contributed by atoms with E-state index in [9.17, 15) is 8.42 Å². The van der Waals surface area contributed by atoms with E-state index < -0.39 is 10.1 Å². The average molecular weight is 348 g/mol. The molecule has 0 saturated carbocycles. The van der Waals surface area contributed by atoms with Crippen molar-refractivity contribution < 1.29 is 12.6 Å². The Hall–Kier alpha value is -1.04. The molecule has 6 heteroatoms. The highest BCUT2D eigenvalue weighted by Crippen LogP contribution is 2.27. The van der Waals surface area contributed by atoms with E-state index in [0.717, 1.165) is 0 Å². The maximum atomic E-state index is 12.0. The zero-order chi connectivity index (χ0) is 13.2. The van der Waals surface area contributed by atoms with E-state index in [-0.39, 0.29) is 10.6 Å². The topological polar surface area (TPSA) is 43.4 Å². The van der Waals surface area contributed by atoms with Gasteiger partial charge in [-0.25, -0.2) is 0 Å². The first-order valence-electron chi connectivity index (χ1n) is 4.93. The molecule has 0 saturated heterocycles. The van der Waals surface area contributed by atoms with Gasteiger partial charge in [-0.2, -0.15) is 8.42 Å². The van der Waals surface area contributed by atoms with Gasteiger partial charge < -0.3 is 4.18 Å². The summed E-state index contributed by atoms with van der Waals surface area (Å²) in [5.41, 5.74) is 0. The summed E-state index contributed by atoms with van der Waals surface area (Å²) >= 11 is 8.93. The second kappa shape index (κ2) is 5.30. The van der Waals surface area contributed by atoms with Crippen molar-refractivity contribution in [2.45, 2.75) is 4.90 Å². The molecule has 2 aromatic carbocycles. The second-order valence-corrected chi connectivity index (χ2v) is 6.26. The van der Waals surface area contributed by atoms with Crippen molar-refractivity contribution in [1.82, 2.24) is 0 Å². The molecule has 0 radical (unpaired) electrons. The highest BCUT2D eigenvalue weighted by Gasteiger charge is 2.17. The summed E-state index contributed by atoms with van der Waals surface area (Å²) in [6.07, 6.45) is 0. The Morgan fingerprint density at radius 1 is 1.00 bits per heavy atom. The first kappa shape index (κ1) is 13.4. The zero-order valence-corrected chi connectivity index (χ0v) is 12.2. The summed E-state index contributed by atoms with van der Waals surface area (Å²) < 4.78 is 29.6. The van der Waals surface area contributed by atoms with Crippen molar-refractivity contribution in [2.75, 3.05) is 0 Å². The average Bonchev–Trinajstić information content (AvgIpc) is 2.32. The van der Waals surface area contributed by atoms with Crippen LogP contribution in [-0.4, -0.2) is 8.42 Å². The van der Waals surface area contributed by atoms with Crippen molar-refractivity contribution in [3.05, 3.63) is 58.0 Å². The van der Waals surface area contributed by atoms with Gasteiger partial charge in [0.1, 0.15) is 4.90 Å². The van der Waals surface area contributed by atoms with Gasteiger partial charge in [0.2, 0.25) is 0 Å². The Balaban J connectivity index is 2.33. The van der Waals surface area contributed by atoms with E-state index >= 15 is 0 Å². The third-order valence-electron chi connectivity index (χ3n) is 2.14. The van der Waals surface area contributed by atoms with Crippen LogP contribution in [0.4, 0.5) is 0 Å². The molecular weight excluding hydrogens is 340 g/mol. The van der Waals surface area contributed by atoms with Gasteiger partial charge in [0.15, 0.2) is 5.75 Å².